The van der Waals surface area contributed by atoms with E-state index in [9.17, 15) is 9.90 Å². The molecule has 1 saturated heterocycles. The number of carbonyl (C=O) groups is 1. The van der Waals surface area contributed by atoms with E-state index in [-0.39, 0.29) is 17.6 Å². The van der Waals surface area contributed by atoms with Crippen LogP contribution in [0.15, 0.2) is 0 Å². The number of nitrogens with zero attached hydrogens (tertiary/aromatic N) is 1. The largest absolute Gasteiger partial charge is 0.444 e. The van der Waals surface area contributed by atoms with Gasteiger partial charge in [-0.25, -0.2) is 4.79 Å². The number of rotatable bonds is 0. The van der Waals surface area contributed by atoms with Crippen molar-refractivity contribution >= 4 is 6.09 Å². The van der Waals surface area contributed by atoms with E-state index in [1.807, 2.05) is 20.8 Å². The highest BCUT2D eigenvalue weighted by atomic mass is 16.6. The number of aliphatic hydroxyl groups excluding tert-OH is 1. The predicted molar refractivity (Wildman–Crippen MR) is 60.1 cm³/mol. The van der Waals surface area contributed by atoms with Crippen molar-refractivity contribution in [2.75, 3.05) is 13.1 Å². The van der Waals surface area contributed by atoms with Crippen molar-refractivity contribution in [2.45, 2.75) is 51.7 Å². The van der Waals surface area contributed by atoms with E-state index >= 15 is 0 Å². The molecule has 2 aliphatic rings. The van der Waals surface area contributed by atoms with Gasteiger partial charge in [-0.1, -0.05) is 0 Å². The van der Waals surface area contributed by atoms with Crippen LogP contribution in [-0.2, 0) is 4.74 Å². The minimum absolute atomic E-state index is 0.137. The lowest BCUT2D eigenvalue weighted by molar-refractivity contribution is -0.0189. The van der Waals surface area contributed by atoms with Crippen LogP contribution in [0.4, 0.5) is 4.79 Å². The second-order valence-electron chi connectivity index (χ2n) is 6.05. The quantitative estimate of drug-likeness (QED) is 0.686. The summed E-state index contributed by atoms with van der Waals surface area (Å²) in [5.41, 5.74) is -0.324. The molecule has 1 unspecified atom stereocenters. The van der Waals surface area contributed by atoms with Gasteiger partial charge in [0.15, 0.2) is 0 Å². The Balaban J connectivity index is 1.90. The lowest BCUT2D eigenvalue weighted by Gasteiger charge is -2.36. The van der Waals surface area contributed by atoms with Gasteiger partial charge in [0.1, 0.15) is 5.60 Å². The molecule has 1 atom stereocenters. The molecule has 1 saturated carbocycles. The van der Waals surface area contributed by atoms with Gasteiger partial charge in [-0.3, -0.25) is 0 Å². The molecule has 2 rings (SSSR count). The predicted octanol–water partition coefficient (Wildman–Crippen LogP) is 1.77. The van der Waals surface area contributed by atoms with Crippen LogP contribution in [0, 0.1) is 5.41 Å². The van der Waals surface area contributed by atoms with E-state index in [2.05, 4.69) is 0 Å². The second kappa shape index (κ2) is 3.62. The summed E-state index contributed by atoms with van der Waals surface area (Å²) in [6.07, 6.45) is 2.45. The molecule has 4 nitrogen and oxygen atoms in total. The fourth-order valence-electron chi connectivity index (χ4n) is 2.25. The standard InChI is InChI=1S/C12H21NO3/c1-11(2,3)16-10(15)13-7-6-12(4-5-12)9(14)8-13/h9,14H,4-8H2,1-3H3. The summed E-state index contributed by atoms with van der Waals surface area (Å²) >= 11 is 0. The number of aliphatic hydroxyl groups is 1. The topological polar surface area (TPSA) is 49.8 Å². The molecule has 1 spiro atoms. The smallest absolute Gasteiger partial charge is 0.410 e. The zero-order valence-corrected chi connectivity index (χ0v) is 10.3. The van der Waals surface area contributed by atoms with Gasteiger partial charge in [0.2, 0.25) is 0 Å². The third kappa shape index (κ3) is 2.32. The molecular weight excluding hydrogens is 206 g/mol. The molecule has 1 amide bonds. The van der Waals surface area contributed by atoms with E-state index in [0.717, 1.165) is 19.3 Å². The maximum atomic E-state index is 11.8. The first-order valence-corrected chi connectivity index (χ1v) is 5.98. The Kier molecular flexibility index (Phi) is 2.65. The number of likely N-dealkylation sites (tertiary alicyclic amines) is 1. The first kappa shape index (κ1) is 11.7. The van der Waals surface area contributed by atoms with Crippen LogP contribution in [0.2, 0.25) is 0 Å². The summed E-state index contributed by atoms with van der Waals surface area (Å²) in [5.74, 6) is 0. The van der Waals surface area contributed by atoms with Gasteiger partial charge in [0, 0.05) is 6.54 Å². The van der Waals surface area contributed by atoms with Crippen molar-refractivity contribution in [3.05, 3.63) is 0 Å². The summed E-state index contributed by atoms with van der Waals surface area (Å²) in [4.78, 5) is 13.4. The van der Waals surface area contributed by atoms with E-state index in [4.69, 9.17) is 4.74 Å². The van der Waals surface area contributed by atoms with Crippen molar-refractivity contribution in [1.82, 2.24) is 4.90 Å². The molecule has 16 heavy (non-hydrogen) atoms. The molecule has 0 bridgehead atoms. The number of amides is 1. The molecule has 92 valence electrons. The molecule has 0 aromatic heterocycles. The molecule has 1 aliphatic carbocycles. The van der Waals surface area contributed by atoms with E-state index < -0.39 is 5.60 Å². The number of β-amino-alcohol motifs (C(OH)–C–C–N with tert-alkyl or cyclic N) is 1. The third-order valence-corrected chi connectivity index (χ3v) is 3.52. The summed E-state index contributed by atoms with van der Waals surface area (Å²) < 4.78 is 5.29. The minimum Gasteiger partial charge on any atom is -0.444 e. The highest BCUT2D eigenvalue weighted by Gasteiger charge is 2.52. The Morgan fingerprint density at radius 1 is 1.38 bits per heavy atom. The van der Waals surface area contributed by atoms with Crippen molar-refractivity contribution < 1.29 is 14.6 Å². The molecule has 1 heterocycles. The Labute approximate surface area is 96.6 Å². The van der Waals surface area contributed by atoms with Crippen molar-refractivity contribution in [3.63, 3.8) is 0 Å². The van der Waals surface area contributed by atoms with Crippen LogP contribution in [0.25, 0.3) is 0 Å². The number of hydrogen-bond acceptors (Lipinski definition) is 3. The number of carbonyl (C=O) groups excluding carboxylic acids is 1. The summed E-state index contributed by atoms with van der Waals surface area (Å²) in [5, 5.41) is 9.97. The summed E-state index contributed by atoms with van der Waals surface area (Å²) in [6.45, 7) is 6.70. The Morgan fingerprint density at radius 2 is 2.00 bits per heavy atom. The summed E-state index contributed by atoms with van der Waals surface area (Å²) in [7, 11) is 0. The minimum atomic E-state index is -0.462. The molecule has 0 aromatic carbocycles. The van der Waals surface area contributed by atoms with Crippen LogP contribution in [0.1, 0.15) is 40.0 Å². The normalized spacial score (nSPS) is 28.0. The van der Waals surface area contributed by atoms with Crippen molar-refractivity contribution in [2.24, 2.45) is 5.41 Å². The van der Waals surface area contributed by atoms with Crippen molar-refractivity contribution in [3.8, 4) is 0 Å². The monoisotopic (exact) mass is 227 g/mol. The maximum Gasteiger partial charge on any atom is 0.410 e. The lowest BCUT2D eigenvalue weighted by atomic mass is 9.91. The van der Waals surface area contributed by atoms with Crippen LogP contribution < -0.4 is 0 Å². The van der Waals surface area contributed by atoms with Gasteiger partial charge >= 0.3 is 6.09 Å². The maximum absolute atomic E-state index is 11.8. The Bertz CT molecular complexity index is 291. The van der Waals surface area contributed by atoms with E-state index in [0.29, 0.717) is 13.1 Å². The third-order valence-electron chi connectivity index (χ3n) is 3.52. The fraction of sp³-hybridized carbons (Fsp3) is 0.917. The lowest BCUT2D eigenvalue weighted by Crippen LogP contribution is -2.49. The second-order valence-corrected chi connectivity index (χ2v) is 6.05. The van der Waals surface area contributed by atoms with Gasteiger partial charge in [-0.2, -0.15) is 0 Å². The van der Waals surface area contributed by atoms with Gasteiger partial charge in [0.25, 0.3) is 0 Å². The van der Waals surface area contributed by atoms with Crippen molar-refractivity contribution in [1.29, 1.82) is 0 Å². The van der Waals surface area contributed by atoms with Crippen LogP contribution in [0.3, 0.4) is 0 Å². The van der Waals surface area contributed by atoms with Gasteiger partial charge < -0.3 is 14.7 Å². The molecule has 1 N–H and O–H groups in total. The molecule has 0 aromatic rings. The highest BCUT2D eigenvalue weighted by molar-refractivity contribution is 5.68. The fourth-order valence-corrected chi connectivity index (χ4v) is 2.25. The number of hydrogen-bond donors (Lipinski definition) is 1. The first-order valence-electron chi connectivity index (χ1n) is 5.98. The zero-order chi connectivity index (χ0) is 12.0. The van der Waals surface area contributed by atoms with Gasteiger partial charge in [-0.15, -0.1) is 0 Å². The summed E-state index contributed by atoms with van der Waals surface area (Å²) in [6, 6.07) is 0. The number of ether oxygens (including phenoxy) is 1. The first-order chi connectivity index (χ1) is 7.32. The molecule has 1 aliphatic heterocycles. The van der Waals surface area contributed by atoms with Gasteiger partial charge in [0.05, 0.1) is 12.6 Å². The van der Waals surface area contributed by atoms with Crippen LogP contribution in [0.5, 0.6) is 0 Å². The van der Waals surface area contributed by atoms with E-state index in [1.165, 1.54) is 0 Å². The Morgan fingerprint density at radius 3 is 2.44 bits per heavy atom. The van der Waals surface area contributed by atoms with Crippen LogP contribution >= 0.6 is 0 Å². The SMILES string of the molecule is CC(C)(C)OC(=O)N1CCC2(CC2)C(O)C1. The highest BCUT2D eigenvalue weighted by Crippen LogP contribution is 2.53. The van der Waals surface area contributed by atoms with Gasteiger partial charge in [-0.05, 0) is 45.4 Å². The molecule has 4 heteroatoms. The molecular formula is C12H21NO3. The average Bonchev–Trinajstić information content (AvgIpc) is 2.88. The molecule has 0 radical (unpaired) electrons. The average molecular weight is 227 g/mol. The zero-order valence-electron chi connectivity index (χ0n) is 10.3. The van der Waals surface area contributed by atoms with Crippen LogP contribution in [-0.4, -0.2) is 40.9 Å². The van der Waals surface area contributed by atoms with E-state index in [1.54, 1.807) is 4.90 Å². The Hall–Kier alpha value is -0.770. The number of piperidine rings is 1. The molecule has 2 fully saturated rings.